The molecule has 0 N–H and O–H groups in total. The van der Waals surface area contributed by atoms with E-state index in [9.17, 15) is 0 Å². The molecule has 2 atom stereocenters. The molecule has 3 heteroatoms. The minimum absolute atomic E-state index is 0.285. The van der Waals surface area contributed by atoms with Gasteiger partial charge in [-0.3, -0.25) is 0 Å². The van der Waals surface area contributed by atoms with Gasteiger partial charge in [-0.2, -0.15) is 0 Å². The van der Waals surface area contributed by atoms with Crippen molar-refractivity contribution in [2.75, 3.05) is 21.2 Å². The molecule has 2 rings (SSSR count). The molecular weight excluding hydrogens is 236 g/mol. The Morgan fingerprint density at radius 1 is 1.11 bits per heavy atom. The van der Waals surface area contributed by atoms with Gasteiger partial charge in [0.2, 0.25) is 0 Å². The second-order valence-electron chi connectivity index (χ2n) is 4.49. The Kier molecular flexibility index (Phi) is 5.74. The molecule has 0 spiro atoms. The molecule has 0 radical (unpaired) electrons. The number of methoxy groups -OCH3 is 1. The minimum Gasteiger partial charge on any atom is -0.499 e. The van der Waals surface area contributed by atoms with E-state index in [1.807, 2.05) is 13.8 Å². The standard InChI is InChI=1S/C14H20N2O.C2H6/c1-11-14(17-4)9-8-13(16(11)3)12-7-5-6-10-15(12)2;1-2/h5-12H,1-4H3;1-2H3. The zero-order chi connectivity index (χ0) is 14.4. The van der Waals surface area contributed by atoms with Crippen LogP contribution in [-0.2, 0) is 4.74 Å². The Bertz CT molecular complexity index is 407. The van der Waals surface area contributed by atoms with Crippen molar-refractivity contribution in [3.8, 4) is 0 Å². The lowest BCUT2D eigenvalue weighted by Gasteiger charge is -2.39. The molecule has 0 saturated heterocycles. The number of nitrogens with zero attached hydrogens (tertiary/aromatic N) is 2. The summed E-state index contributed by atoms with van der Waals surface area (Å²) in [7, 11) is 5.94. The highest BCUT2D eigenvalue weighted by Crippen LogP contribution is 2.26. The molecule has 0 bridgehead atoms. The first kappa shape index (κ1) is 15.4. The summed E-state index contributed by atoms with van der Waals surface area (Å²) in [5, 5.41) is 0. The largest absolute Gasteiger partial charge is 0.499 e. The van der Waals surface area contributed by atoms with Crippen LogP contribution in [0.2, 0.25) is 0 Å². The van der Waals surface area contributed by atoms with Crippen LogP contribution in [0.1, 0.15) is 20.8 Å². The molecule has 106 valence electrons. The molecule has 2 aliphatic heterocycles. The molecular formula is C16H26N2O. The number of hydrogen-bond donors (Lipinski definition) is 0. The van der Waals surface area contributed by atoms with Gasteiger partial charge >= 0.3 is 0 Å². The molecule has 0 aliphatic carbocycles. The van der Waals surface area contributed by atoms with Gasteiger partial charge in [0, 0.05) is 19.8 Å². The quantitative estimate of drug-likeness (QED) is 0.760. The van der Waals surface area contributed by atoms with Gasteiger partial charge in [-0.25, -0.2) is 0 Å². The number of allylic oxidation sites excluding steroid dienone is 4. The van der Waals surface area contributed by atoms with Gasteiger partial charge in [-0.15, -0.1) is 0 Å². The molecule has 2 heterocycles. The van der Waals surface area contributed by atoms with Crippen molar-refractivity contribution in [3.63, 3.8) is 0 Å². The summed E-state index contributed by atoms with van der Waals surface area (Å²) in [6, 6.07) is 0.592. The van der Waals surface area contributed by atoms with Crippen LogP contribution in [0.4, 0.5) is 0 Å². The monoisotopic (exact) mass is 262 g/mol. The maximum Gasteiger partial charge on any atom is 0.118 e. The van der Waals surface area contributed by atoms with E-state index < -0.39 is 0 Å². The molecule has 0 saturated carbocycles. The first-order chi connectivity index (χ1) is 9.15. The highest BCUT2D eigenvalue weighted by Gasteiger charge is 2.26. The smallest absolute Gasteiger partial charge is 0.118 e. The third-order valence-corrected chi connectivity index (χ3v) is 3.52. The first-order valence-corrected chi connectivity index (χ1v) is 6.90. The van der Waals surface area contributed by atoms with Crippen LogP contribution in [0, 0.1) is 0 Å². The Hall–Kier alpha value is -1.64. The summed E-state index contributed by atoms with van der Waals surface area (Å²) in [5.74, 6) is 1.01. The van der Waals surface area contributed by atoms with E-state index >= 15 is 0 Å². The molecule has 2 aliphatic rings. The number of hydrogen-bond acceptors (Lipinski definition) is 3. The average Bonchev–Trinajstić information content (AvgIpc) is 2.45. The summed E-state index contributed by atoms with van der Waals surface area (Å²) in [6.45, 7) is 6.16. The van der Waals surface area contributed by atoms with Crippen molar-refractivity contribution < 1.29 is 4.74 Å². The summed E-state index contributed by atoms with van der Waals surface area (Å²) in [4.78, 5) is 4.48. The fraction of sp³-hybridized carbons (Fsp3) is 0.500. The van der Waals surface area contributed by atoms with E-state index in [0.29, 0.717) is 6.04 Å². The molecule has 0 aromatic heterocycles. The van der Waals surface area contributed by atoms with Gasteiger partial charge in [0.05, 0.1) is 19.2 Å². The zero-order valence-electron chi connectivity index (χ0n) is 12.9. The topological polar surface area (TPSA) is 15.7 Å². The van der Waals surface area contributed by atoms with Crippen molar-refractivity contribution in [2.24, 2.45) is 0 Å². The van der Waals surface area contributed by atoms with Gasteiger partial charge in [0.25, 0.3) is 0 Å². The van der Waals surface area contributed by atoms with Crippen molar-refractivity contribution in [1.82, 2.24) is 9.80 Å². The Balaban J connectivity index is 0.000000861. The van der Waals surface area contributed by atoms with Gasteiger partial charge in [0.1, 0.15) is 5.76 Å². The highest BCUT2D eigenvalue weighted by molar-refractivity contribution is 5.32. The number of rotatable bonds is 2. The van der Waals surface area contributed by atoms with E-state index in [-0.39, 0.29) is 6.04 Å². The van der Waals surface area contributed by atoms with Crippen LogP contribution in [0.5, 0.6) is 0 Å². The average molecular weight is 262 g/mol. The maximum atomic E-state index is 5.37. The summed E-state index contributed by atoms with van der Waals surface area (Å²) < 4.78 is 5.37. The fourth-order valence-electron chi connectivity index (χ4n) is 2.28. The normalized spacial score (nSPS) is 25.4. The van der Waals surface area contributed by atoms with Gasteiger partial charge in [0.15, 0.2) is 0 Å². The van der Waals surface area contributed by atoms with Crippen LogP contribution < -0.4 is 0 Å². The van der Waals surface area contributed by atoms with Crippen LogP contribution >= 0.6 is 0 Å². The van der Waals surface area contributed by atoms with Crippen LogP contribution in [0.3, 0.4) is 0 Å². The fourth-order valence-corrected chi connectivity index (χ4v) is 2.28. The third-order valence-electron chi connectivity index (χ3n) is 3.52. The van der Waals surface area contributed by atoms with Crippen LogP contribution in [0.15, 0.2) is 48.0 Å². The molecule has 0 aromatic rings. The van der Waals surface area contributed by atoms with Gasteiger partial charge in [-0.1, -0.05) is 26.0 Å². The maximum absolute atomic E-state index is 5.37. The molecule has 0 aromatic carbocycles. The second kappa shape index (κ2) is 7.07. The highest BCUT2D eigenvalue weighted by atomic mass is 16.5. The predicted octanol–water partition coefficient (Wildman–Crippen LogP) is 3.14. The SMILES string of the molecule is CC.COC1=CC=C(C2C=CC=CN2C)N(C)C1C. The Morgan fingerprint density at radius 2 is 1.79 bits per heavy atom. The number of likely N-dealkylation sites (N-methyl/N-ethyl adjacent to an activating group) is 2. The van der Waals surface area contributed by atoms with Crippen molar-refractivity contribution >= 4 is 0 Å². The molecule has 3 nitrogen and oxygen atoms in total. The Labute approximate surface area is 117 Å². The predicted molar refractivity (Wildman–Crippen MR) is 81.6 cm³/mol. The van der Waals surface area contributed by atoms with Crippen molar-refractivity contribution in [1.29, 1.82) is 0 Å². The van der Waals surface area contributed by atoms with Crippen molar-refractivity contribution in [2.45, 2.75) is 32.9 Å². The minimum atomic E-state index is 0.285. The van der Waals surface area contributed by atoms with Crippen molar-refractivity contribution in [3.05, 3.63) is 48.0 Å². The van der Waals surface area contributed by atoms with E-state index in [1.54, 1.807) is 7.11 Å². The molecule has 19 heavy (non-hydrogen) atoms. The number of ether oxygens (including phenoxy) is 1. The summed E-state index contributed by atoms with van der Waals surface area (Å²) in [6.07, 6.45) is 12.7. The van der Waals surface area contributed by atoms with E-state index in [1.165, 1.54) is 5.70 Å². The molecule has 0 amide bonds. The van der Waals surface area contributed by atoms with Crippen LogP contribution in [0.25, 0.3) is 0 Å². The van der Waals surface area contributed by atoms with E-state index in [4.69, 9.17) is 4.74 Å². The lowest BCUT2D eigenvalue weighted by Crippen LogP contribution is -2.41. The Morgan fingerprint density at radius 3 is 2.37 bits per heavy atom. The second-order valence-corrected chi connectivity index (χ2v) is 4.49. The summed E-state index contributed by atoms with van der Waals surface area (Å²) >= 11 is 0. The van der Waals surface area contributed by atoms with Crippen LogP contribution in [-0.4, -0.2) is 43.1 Å². The first-order valence-electron chi connectivity index (χ1n) is 6.90. The van der Waals surface area contributed by atoms with Gasteiger partial charge < -0.3 is 14.5 Å². The third kappa shape index (κ3) is 3.22. The lowest BCUT2D eigenvalue weighted by molar-refractivity contribution is 0.190. The van der Waals surface area contributed by atoms with Gasteiger partial charge in [-0.05, 0) is 31.4 Å². The molecule has 2 unspecified atom stereocenters. The lowest BCUT2D eigenvalue weighted by atomic mass is 10.0. The van der Waals surface area contributed by atoms with E-state index in [2.05, 4.69) is 67.4 Å². The molecule has 0 fully saturated rings. The van der Waals surface area contributed by atoms with E-state index in [0.717, 1.165) is 5.76 Å². The summed E-state index contributed by atoms with van der Waals surface area (Å²) in [5.41, 5.74) is 1.29. The zero-order valence-corrected chi connectivity index (χ0v) is 12.9.